The monoisotopic (exact) mass is 303 g/mol. The molecule has 2 atom stereocenters. The van der Waals surface area contributed by atoms with Crippen molar-refractivity contribution in [3.05, 3.63) is 64.7 Å². The lowest BCUT2D eigenvalue weighted by Gasteiger charge is -2.21. The van der Waals surface area contributed by atoms with Crippen molar-refractivity contribution >= 4 is 11.6 Å². The van der Waals surface area contributed by atoms with Gasteiger partial charge >= 0.3 is 0 Å². The van der Waals surface area contributed by atoms with Crippen molar-refractivity contribution in [2.24, 2.45) is 0 Å². The van der Waals surface area contributed by atoms with E-state index in [9.17, 15) is 0 Å². The molecule has 2 aromatic rings. The minimum absolute atomic E-state index is 0.267. The van der Waals surface area contributed by atoms with Gasteiger partial charge in [-0.1, -0.05) is 35.9 Å². The van der Waals surface area contributed by atoms with Gasteiger partial charge in [-0.2, -0.15) is 0 Å². The Morgan fingerprint density at radius 1 is 0.905 bits per heavy atom. The molecule has 0 spiro atoms. The fraction of sp³-hybridized carbons (Fsp3) is 0.333. The number of hydrogen-bond acceptors (Lipinski definition) is 2. The van der Waals surface area contributed by atoms with Crippen LogP contribution in [0.25, 0.3) is 0 Å². The van der Waals surface area contributed by atoms with Crippen LogP contribution >= 0.6 is 11.6 Å². The first-order valence-electron chi connectivity index (χ1n) is 7.34. The van der Waals surface area contributed by atoms with E-state index in [-0.39, 0.29) is 12.1 Å². The maximum Gasteiger partial charge on any atom is 0.119 e. The van der Waals surface area contributed by atoms with Gasteiger partial charge in [0.2, 0.25) is 0 Å². The third kappa shape index (κ3) is 4.48. The van der Waals surface area contributed by atoms with E-state index < -0.39 is 0 Å². The predicted octanol–water partition coefficient (Wildman–Crippen LogP) is 5.15. The Balaban J connectivity index is 1.99. The standard InChI is InChI=1S/C18H22ClNO/c1-4-21-18-11-7-16(8-12-18)14(3)20-13(2)15-5-9-17(19)10-6-15/h5-14,20H,4H2,1-3H3. The molecule has 0 saturated carbocycles. The summed E-state index contributed by atoms with van der Waals surface area (Å²) in [5.74, 6) is 0.916. The lowest BCUT2D eigenvalue weighted by Crippen LogP contribution is -2.22. The quantitative estimate of drug-likeness (QED) is 0.796. The number of halogens is 1. The maximum absolute atomic E-state index is 5.93. The second kappa shape index (κ2) is 7.48. The summed E-state index contributed by atoms with van der Waals surface area (Å²) in [6.45, 7) is 7.02. The number of nitrogens with one attached hydrogen (secondary N) is 1. The van der Waals surface area contributed by atoms with Crippen molar-refractivity contribution in [2.75, 3.05) is 6.61 Å². The highest BCUT2D eigenvalue weighted by Gasteiger charge is 2.11. The van der Waals surface area contributed by atoms with E-state index in [1.54, 1.807) is 0 Å². The molecule has 2 aromatic carbocycles. The summed E-state index contributed by atoms with van der Waals surface area (Å²) in [5, 5.41) is 4.37. The van der Waals surface area contributed by atoms with E-state index in [1.807, 2.05) is 31.2 Å². The molecule has 0 aromatic heterocycles. The first kappa shape index (κ1) is 15.9. The molecule has 0 heterocycles. The Morgan fingerprint density at radius 3 is 1.86 bits per heavy atom. The summed E-state index contributed by atoms with van der Waals surface area (Å²) in [4.78, 5) is 0. The molecule has 3 heteroatoms. The minimum Gasteiger partial charge on any atom is -0.494 e. The van der Waals surface area contributed by atoms with Crippen LogP contribution in [0.15, 0.2) is 48.5 Å². The van der Waals surface area contributed by atoms with E-state index >= 15 is 0 Å². The van der Waals surface area contributed by atoms with E-state index in [0.29, 0.717) is 6.61 Å². The largest absolute Gasteiger partial charge is 0.494 e. The molecule has 21 heavy (non-hydrogen) atoms. The lowest BCUT2D eigenvalue weighted by molar-refractivity contribution is 0.340. The summed E-state index contributed by atoms with van der Waals surface area (Å²) >= 11 is 5.93. The minimum atomic E-state index is 0.267. The maximum atomic E-state index is 5.93. The molecule has 0 aliphatic rings. The van der Waals surface area contributed by atoms with Crippen molar-refractivity contribution in [1.29, 1.82) is 0 Å². The lowest BCUT2D eigenvalue weighted by atomic mass is 10.0. The third-order valence-electron chi connectivity index (χ3n) is 3.56. The summed E-state index contributed by atoms with van der Waals surface area (Å²) in [5.41, 5.74) is 2.48. The van der Waals surface area contributed by atoms with E-state index in [2.05, 4.69) is 43.4 Å². The summed E-state index contributed by atoms with van der Waals surface area (Å²) in [6.07, 6.45) is 0. The molecule has 112 valence electrons. The highest BCUT2D eigenvalue weighted by molar-refractivity contribution is 6.30. The molecule has 2 unspecified atom stereocenters. The number of hydrogen-bond donors (Lipinski definition) is 1. The molecular weight excluding hydrogens is 282 g/mol. The average molecular weight is 304 g/mol. The molecule has 0 bridgehead atoms. The van der Waals surface area contributed by atoms with Crippen LogP contribution in [-0.4, -0.2) is 6.61 Å². The van der Waals surface area contributed by atoms with Crippen LogP contribution in [0.1, 0.15) is 44.0 Å². The van der Waals surface area contributed by atoms with Gasteiger partial charge in [-0.25, -0.2) is 0 Å². The first-order chi connectivity index (χ1) is 10.1. The van der Waals surface area contributed by atoms with Gasteiger partial charge in [0.25, 0.3) is 0 Å². The van der Waals surface area contributed by atoms with Crippen LogP contribution in [-0.2, 0) is 0 Å². The molecule has 0 aliphatic carbocycles. The van der Waals surface area contributed by atoms with Gasteiger partial charge in [-0.05, 0) is 56.2 Å². The van der Waals surface area contributed by atoms with Crippen molar-refractivity contribution in [1.82, 2.24) is 5.32 Å². The molecular formula is C18H22ClNO. The summed E-state index contributed by atoms with van der Waals surface area (Å²) in [6, 6.07) is 16.8. The highest BCUT2D eigenvalue weighted by atomic mass is 35.5. The average Bonchev–Trinajstić information content (AvgIpc) is 2.49. The van der Waals surface area contributed by atoms with Crippen molar-refractivity contribution < 1.29 is 4.74 Å². The normalized spacial score (nSPS) is 13.7. The van der Waals surface area contributed by atoms with Crippen LogP contribution in [0.3, 0.4) is 0 Å². The number of rotatable bonds is 6. The van der Waals surface area contributed by atoms with Gasteiger partial charge < -0.3 is 10.1 Å². The predicted molar refractivity (Wildman–Crippen MR) is 89.0 cm³/mol. The number of benzene rings is 2. The molecule has 0 fully saturated rings. The van der Waals surface area contributed by atoms with Crippen molar-refractivity contribution in [3.63, 3.8) is 0 Å². The SMILES string of the molecule is CCOc1ccc(C(C)NC(C)c2ccc(Cl)cc2)cc1. The molecule has 0 radical (unpaired) electrons. The first-order valence-corrected chi connectivity index (χ1v) is 7.72. The molecule has 0 aliphatic heterocycles. The van der Waals surface area contributed by atoms with Crippen LogP contribution in [0, 0.1) is 0 Å². The third-order valence-corrected chi connectivity index (χ3v) is 3.81. The van der Waals surface area contributed by atoms with Crippen molar-refractivity contribution in [2.45, 2.75) is 32.9 Å². The zero-order chi connectivity index (χ0) is 15.2. The molecule has 0 saturated heterocycles. The smallest absolute Gasteiger partial charge is 0.119 e. The van der Waals surface area contributed by atoms with E-state index in [0.717, 1.165) is 10.8 Å². The zero-order valence-corrected chi connectivity index (χ0v) is 13.5. The molecule has 1 N–H and O–H groups in total. The Kier molecular flexibility index (Phi) is 5.66. The Hall–Kier alpha value is -1.51. The van der Waals surface area contributed by atoms with Gasteiger partial charge in [-0.15, -0.1) is 0 Å². The summed E-state index contributed by atoms with van der Waals surface area (Å²) in [7, 11) is 0. The van der Waals surface area contributed by atoms with Gasteiger partial charge in [0.1, 0.15) is 5.75 Å². The van der Waals surface area contributed by atoms with E-state index in [1.165, 1.54) is 11.1 Å². The molecule has 0 amide bonds. The zero-order valence-electron chi connectivity index (χ0n) is 12.8. The summed E-state index contributed by atoms with van der Waals surface area (Å²) < 4.78 is 5.47. The Morgan fingerprint density at radius 2 is 1.38 bits per heavy atom. The van der Waals surface area contributed by atoms with Crippen LogP contribution < -0.4 is 10.1 Å². The number of ether oxygens (including phenoxy) is 1. The Bertz CT molecular complexity index is 550. The van der Waals surface area contributed by atoms with Crippen LogP contribution in [0.4, 0.5) is 0 Å². The van der Waals surface area contributed by atoms with E-state index in [4.69, 9.17) is 16.3 Å². The molecule has 2 nitrogen and oxygen atoms in total. The van der Waals surface area contributed by atoms with Crippen LogP contribution in [0.2, 0.25) is 5.02 Å². The van der Waals surface area contributed by atoms with Gasteiger partial charge in [0, 0.05) is 17.1 Å². The highest BCUT2D eigenvalue weighted by Crippen LogP contribution is 2.22. The van der Waals surface area contributed by atoms with Crippen molar-refractivity contribution in [3.8, 4) is 5.75 Å². The topological polar surface area (TPSA) is 21.3 Å². The van der Waals surface area contributed by atoms with Gasteiger partial charge in [-0.3, -0.25) is 0 Å². The van der Waals surface area contributed by atoms with Crippen LogP contribution in [0.5, 0.6) is 5.75 Å². The van der Waals surface area contributed by atoms with Gasteiger partial charge in [0.15, 0.2) is 0 Å². The second-order valence-corrected chi connectivity index (χ2v) is 5.60. The molecule has 2 rings (SSSR count). The fourth-order valence-corrected chi connectivity index (χ4v) is 2.46. The second-order valence-electron chi connectivity index (χ2n) is 5.16. The fourth-order valence-electron chi connectivity index (χ4n) is 2.34. The Labute approximate surface area is 132 Å². The van der Waals surface area contributed by atoms with Gasteiger partial charge in [0.05, 0.1) is 6.61 Å².